The fraction of sp³-hybridized carbons (Fsp3) is 0.294. The molecule has 0 spiro atoms. The summed E-state index contributed by atoms with van der Waals surface area (Å²) in [5.41, 5.74) is 2.19. The lowest BCUT2D eigenvalue weighted by atomic mass is 10.2. The zero-order valence-electron chi connectivity index (χ0n) is 12.5. The van der Waals surface area contributed by atoms with Crippen molar-refractivity contribution in [2.75, 3.05) is 18.0 Å². The Morgan fingerprint density at radius 1 is 1.30 bits per heavy atom. The number of hydrogen-bond donors (Lipinski definition) is 1. The highest BCUT2D eigenvalue weighted by molar-refractivity contribution is 9.10. The van der Waals surface area contributed by atoms with Gasteiger partial charge in [-0.3, -0.25) is 9.59 Å². The van der Waals surface area contributed by atoms with Gasteiger partial charge in [0, 0.05) is 29.7 Å². The molecule has 3 rings (SSSR count). The number of anilines is 1. The fourth-order valence-electron chi connectivity index (χ4n) is 2.70. The molecule has 0 aliphatic carbocycles. The third kappa shape index (κ3) is 3.64. The van der Waals surface area contributed by atoms with Crippen molar-refractivity contribution in [1.82, 2.24) is 5.32 Å². The van der Waals surface area contributed by atoms with Gasteiger partial charge in [0.2, 0.25) is 5.91 Å². The number of carbonyl (C=O) groups is 2. The molecule has 0 radical (unpaired) electrons. The summed E-state index contributed by atoms with van der Waals surface area (Å²) in [5.74, 6) is 0.132. The van der Waals surface area contributed by atoms with Crippen molar-refractivity contribution in [2.24, 2.45) is 0 Å². The molecule has 2 aromatic rings. The third-order valence-corrected chi connectivity index (χ3v) is 4.33. The Morgan fingerprint density at radius 3 is 2.96 bits per heavy atom. The molecule has 1 aromatic heterocycles. The molecular formula is C17H17BrN2O3. The number of nitrogens with one attached hydrogen (secondary N) is 1. The van der Waals surface area contributed by atoms with Crippen molar-refractivity contribution in [2.45, 2.75) is 19.3 Å². The molecule has 1 aromatic carbocycles. The predicted molar refractivity (Wildman–Crippen MR) is 90.5 cm³/mol. The minimum Gasteiger partial charge on any atom is -0.459 e. The van der Waals surface area contributed by atoms with Crippen LogP contribution < -0.4 is 10.2 Å². The van der Waals surface area contributed by atoms with Crippen LogP contribution in [0.3, 0.4) is 0 Å². The van der Waals surface area contributed by atoms with Gasteiger partial charge in [0.05, 0.1) is 6.26 Å². The van der Waals surface area contributed by atoms with E-state index in [1.807, 2.05) is 17.0 Å². The molecular weight excluding hydrogens is 360 g/mol. The second-order valence-electron chi connectivity index (χ2n) is 5.41. The van der Waals surface area contributed by atoms with E-state index in [2.05, 4.69) is 27.3 Å². The van der Waals surface area contributed by atoms with E-state index in [1.165, 1.54) is 11.8 Å². The lowest BCUT2D eigenvalue weighted by Crippen LogP contribution is -2.30. The standard InChI is InChI=1S/C17H17BrN2O3/c18-13-5-6-14-12(11-13)7-9-20(14)16(21)4-1-8-19-17(22)15-3-2-10-23-15/h2-3,5-6,10-11H,1,4,7-9H2,(H,19,22). The summed E-state index contributed by atoms with van der Waals surface area (Å²) in [6.07, 6.45) is 3.36. The molecule has 23 heavy (non-hydrogen) atoms. The van der Waals surface area contributed by atoms with Crippen molar-refractivity contribution in [3.63, 3.8) is 0 Å². The van der Waals surface area contributed by atoms with Crippen molar-refractivity contribution < 1.29 is 14.0 Å². The smallest absolute Gasteiger partial charge is 0.286 e. The quantitative estimate of drug-likeness (QED) is 0.815. The van der Waals surface area contributed by atoms with Gasteiger partial charge in [0.1, 0.15) is 0 Å². The van der Waals surface area contributed by atoms with Gasteiger partial charge in [-0.1, -0.05) is 15.9 Å². The van der Waals surface area contributed by atoms with Crippen LogP contribution in [-0.2, 0) is 11.2 Å². The number of amides is 2. The van der Waals surface area contributed by atoms with E-state index in [0.29, 0.717) is 19.4 Å². The van der Waals surface area contributed by atoms with Crippen LogP contribution in [0.25, 0.3) is 0 Å². The van der Waals surface area contributed by atoms with Gasteiger partial charge >= 0.3 is 0 Å². The van der Waals surface area contributed by atoms with Crippen molar-refractivity contribution in [3.05, 3.63) is 52.4 Å². The molecule has 0 saturated heterocycles. The number of nitrogens with zero attached hydrogens (tertiary/aromatic N) is 1. The van der Waals surface area contributed by atoms with Gasteiger partial charge < -0.3 is 14.6 Å². The summed E-state index contributed by atoms with van der Waals surface area (Å²) in [4.78, 5) is 25.9. The van der Waals surface area contributed by atoms with E-state index in [4.69, 9.17) is 4.42 Å². The Morgan fingerprint density at radius 2 is 2.17 bits per heavy atom. The maximum Gasteiger partial charge on any atom is 0.286 e. The van der Waals surface area contributed by atoms with Crippen molar-refractivity contribution in [3.8, 4) is 0 Å². The molecule has 0 atom stereocenters. The van der Waals surface area contributed by atoms with Crippen molar-refractivity contribution in [1.29, 1.82) is 0 Å². The van der Waals surface area contributed by atoms with E-state index >= 15 is 0 Å². The topological polar surface area (TPSA) is 62.6 Å². The van der Waals surface area contributed by atoms with Gasteiger partial charge in [-0.2, -0.15) is 0 Å². The zero-order valence-corrected chi connectivity index (χ0v) is 14.1. The van der Waals surface area contributed by atoms with Crippen LogP contribution >= 0.6 is 15.9 Å². The molecule has 0 fully saturated rings. The lowest BCUT2D eigenvalue weighted by Gasteiger charge is -2.17. The molecule has 1 aliphatic rings. The first-order valence-corrected chi connectivity index (χ1v) is 8.35. The van der Waals surface area contributed by atoms with Gasteiger partial charge in [-0.05, 0) is 48.7 Å². The minimum absolute atomic E-state index is 0.0957. The fourth-order valence-corrected chi connectivity index (χ4v) is 3.11. The second kappa shape index (κ2) is 7.00. The summed E-state index contributed by atoms with van der Waals surface area (Å²) in [6, 6.07) is 9.27. The highest BCUT2D eigenvalue weighted by Crippen LogP contribution is 2.30. The van der Waals surface area contributed by atoms with Gasteiger partial charge in [0.15, 0.2) is 5.76 Å². The Hall–Kier alpha value is -2.08. The molecule has 2 heterocycles. The van der Waals surface area contributed by atoms with E-state index in [-0.39, 0.29) is 17.6 Å². The molecule has 0 saturated carbocycles. The van der Waals surface area contributed by atoms with Crippen LogP contribution in [0, 0.1) is 0 Å². The molecule has 1 N–H and O–H groups in total. The molecule has 120 valence electrons. The van der Waals surface area contributed by atoms with Gasteiger partial charge in [0.25, 0.3) is 5.91 Å². The average molecular weight is 377 g/mol. The minimum atomic E-state index is -0.251. The van der Waals surface area contributed by atoms with Crippen LogP contribution in [0.4, 0.5) is 5.69 Å². The molecule has 0 unspecified atom stereocenters. The largest absolute Gasteiger partial charge is 0.459 e. The molecule has 6 heteroatoms. The molecule has 5 nitrogen and oxygen atoms in total. The van der Waals surface area contributed by atoms with Gasteiger partial charge in [-0.25, -0.2) is 0 Å². The molecule has 0 bridgehead atoms. The number of furan rings is 1. The Balaban J connectivity index is 1.47. The van der Waals surface area contributed by atoms with Crippen molar-refractivity contribution >= 4 is 33.4 Å². The first-order valence-electron chi connectivity index (χ1n) is 7.55. The summed E-state index contributed by atoms with van der Waals surface area (Å²) in [5, 5.41) is 2.75. The maximum atomic E-state index is 12.3. The summed E-state index contributed by atoms with van der Waals surface area (Å²) in [6.45, 7) is 1.18. The van der Waals surface area contributed by atoms with Crippen LogP contribution in [0.5, 0.6) is 0 Å². The van der Waals surface area contributed by atoms with E-state index in [1.54, 1.807) is 12.1 Å². The number of halogens is 1. The van der Waals surface area contributed by atoms with E-state index in [9.17, 15) is 9.59 Å². The number of rotatable bonds is 5. The van der Waals surface area contributed by atoms with Crippen LogP contribution in [-0.4, -0.2) is 24.9 Å². The average Bonchev–Trinajstić information content (AvgIpc) is 3.19. The Bertz CT molecular complexity index is 713. The first kappa shape index (κ1) is 15.8. The Labute approximate surface area is 142 Å². The third-order valence-electron chi connectivity index (χ3n) is 3.84. The number of hydrogen-bond acceptors (Lipinski definition) is 3. The highest BCUT2D eigenvalue weighted by Gasteiger charge is 2.24. The predicted octanol–water partition coefficient (Wildman–Crippen LogP) is 3.14. The van der Waals surface area contributed by atoms with E-state index in [0.717, 1.165) is 23.1 Å². The summed E-state index contributed by atoms with van der Waals surface area (Å²) >= 11 is 3.45. The number of benzene rings is 1. The summed E-state index contributed by atoms with van der Waals surface area (Å²) < 4.78 is 6.05. The normalized spacial score (nSPS) is 13.0. The van der Waals surface area contributed by atoms with Crippen LogP contribution in [0.1, 0.15) is 29.0 Å². The number of fused-ring (bicyclic) bond motifs is 1. The highest BCUT2D eigenvalue weighted by atomic mass is 79.9. The van der Waals surface area contributed by atoms with E-state index < -0.39 is 0 Å². The SMILES string of the molecule is O=C(NCCCC(=O)N1CCc2cc(Br)ccc21)c1ccco1. The zero-order chi connectivity index (χ0) is 16.2. The first-order chi connectivity index (χ1) is 11.1. The lowest BCUT2D eigenvalue weighted by molar-refractivity contribution is -0.118. The van der Waals surface area contributed by atoms with Crippen LogP contribution in [0.2, 0.25) is 0 Å². The monoisotopic (exact) mass is 376 g/mol. The maximum absolute atomic E-state index is 12.3. The Kier molecular flexibility index (Phi) is 4.81. The second-order valence-corrected chi connectivity index (χ2v) is 6.32. The van der Waals surface area contributed by atoms with Gasteiger partial charge in [-0.15, -0.1) is 0 Å². The summed E-state index contributed by atoms with van der Waals surface area (Å²) in [7, 11) is 0. The molecule has 2 amide bonds. The molecule has 1 aliphatic heterocycles. The number of carbonyl (C=O) groups excluding carboxylic acids is 2. The van der Waals surface area contributed by atoms with Crippen LogP contribution in [0.15, 0.2) is 45.5 Å².